The average Bonchev–Trinajstić information content (AvgIpc) is 2.68. The summed E-state index contributed by atoms with van der Waals surface area (Å²) in [7, 11) is -4.08. The summed E-state index contributed by atoms with van der Waals surface area (Å²) in [5, 5.41) is 0. The van der Waals surface area contributed by atoms with Gasteiger partial charge in [0.15, 0.2) is 12.0 Å². The Labute approximate surface area is 167 Å². The Balaban J connectivity index is 1.96. The maximum atomic E-state index is 13.1. The molecule has 0 spiro atoms. The lowest BCUT2D eigenvalue weighted by Gasteiger charge is -2.21. The molecule has 0 aliphatic carbocycles. The molecule has 0 aromatic heterocycles. The van der Waals surface area contributed by atoms with Gasteiger partial charge >= 0.3 is 7.82 Å². The standard InChI is InChI=1S/C21H29O6P/c1-4-5-6-10-17-23-19(3)25-28(22,26-21-11-8-7-9-12-21)27-24-20-15-13-18(2)14-16-20/h7-9,11-16,19H,4-6,10,17H2,1-3H3. The van der Waals surface area contributed by atoms with Gasteiger partial charge < -0.3 is 14.1 Å². The zero-order chi connectivity index (χ0) is 20.2. The molecule has 0 radical (unpaired) electrons. The minimum atomic E-state index is -4.08. The highest BCUT2D eigenvalue weighted by Crippen LogP contribution is 2.50. The summed E-state index contributed by atoms with van der Waals surface area (Å²) in [4.78, 5) is 5.19. The van der Waals surface area contributed by atoms with Gasteiger partial charge in [0.05, 0.1) is 0 Å². The molecule has 2 aromatic rings. The van der Waals surface area contributed by atoms with E-state index in [1.807, 2.05) is 25.1 Å². The maximum absolute atomic E-state index is 13.1. The second-order valence-electron chi connectivity index (χ2n) is 6.43. The summed E-state index contributed by atoms with van der Waals surface area (Å²) in [6.45, 7) is 6.26. The first-order valence-corrected chi connectivity index (χ1v) is 11.0. The Morgan fingerprint density at radius 3 is 2.32 bits per heavy atom. The van der Waals surface area contributed by atoms with Crippen molar-refractivity contribution in [1.82, 2.24) is 0 Å². The Hall–Kier alpha value is -1.85. The molecule has 0 aliphatic rings. The van der Waals surface area contributed by atoms with Crippen LogP contribution in [0.25, 0.3) is 0 Å². The lowest BCUT2D eigenvalue weighted by molar-refractivity contribution is -0.152. The molecule has 6 nitrogen and oxygen atoms in total. The summed E-state index contributed by atoms with van der Waals surface area (Å²) in [5.74, 6) is 0.729. The Morgan fingerprint density at radius 2 is 1.64 bits per heavy atom. The van der Waals surface area contributed by atoms with Gasteiger partial charge in [-0.1, -0.05) is 66.8 Å². The van der Waals surface area contributed by atoms with Gasteiger partial charge in [0, 0.05) is 6.61 Å². The molecule has 0 aliphatic heterocycles. The summed E-state index contributed by atoms with van der Waals surface area (Å²) in [6.07, 6.45) is 3.51. The molecule has 0 fully saturated rings. The molecular weight excluding hydrogens is 379 g/mol. The molecule has 2 unspecified atom stereocenters. The van der Waals surface area contributed by atoms with Gasteiger partial charge in [-0.25, -0.2) is 9.09 Å². The summed E-state index contributed by atoms with van der Waals surface area (Å²) >= 11 is 0. The predicted molar refractivity (Wildman–Crippen MR) is 108 cm³/mol. The second-order valence-corrected chi connectivity index (χ2v) is 7.86. The van der Waals surface area contributed by atoms with E-state index >= 15 is 0 Å². The Morgan fingerprint density at radius 1 is 0.929 bits per heavy atom. The molecule has 0 N–H and O–H groups in total. The number of aryl methyl sites for hydroxylation is 1. The van der Waals surface area contributed by atoms with Gasteiger partial charge in [-0.3, -0.25) is 0 Å². The molecule has 154 valence electrons. The van der Waals surface area contributed by atoms with Gasteiger partial charge in [0.25, 0.3) is 0 Å². The fraction of sp³-hybridized carbons (Fsp3) is 0.429. The van der Waals surface area contributed by atoms with Gasteiger partial charge in [0.1, 0.15) is 5.75 Å². The number of hydrogen-bond donors (Lipinski definition) is 0. The number of benzene rings is 2. The molecule has 0 saturated carbocycles. The smallest absolute Gasteiger partial charge is 0.402 e. The number of unbranched alkanes of at least 4 members (excludes halogenated alkanes) is 3. The monoisotopic (exact) mass is 408 g/mol. The van der Waals surface area contributed by atoms with Crippen molar-refractivity contribution in [1.29, 1.82) is 0 Å². The Kier molecular flexibility index (Phi) is 9.51. The average molecular weight is 408 g/mol. The fourth-order valence-electron chi connectivity index (χ4n) is 2.34. The normalized spacial score (nSPS) is 14.2. The highest BCUT2D eigenvalue weighted by molar-refractivity contribution is 7.48. The summed E-state index contributed by atoms with van der Waals surface area (Å²) in [6, 6.07) is 15.8. The van der Waals surface area contributed by atoms with Crippen LogP contribution in [-0.2, 0) is 18.5 Å². The third-order valence-corrected chi connectivity index (χ3v) is 5.08. The van der Waals surface area contributed by atoms with Crippen LogP contribution in [0.1, 0.15) is 45.1 Å². The van der Waals surface area contributed by atoms with Crippen molar-refractivity contribution < 1.29 is 27.9 Å². The van der Waals surface area contributed by atoms with Crippen LogP contribution in [0.3, 0.4) is 0 Å². The van der Waals surface area contributed by atoms with Gasteiger partial charge in [-0.2, -0.15) is 0 Å². The van der Waals surface area contributed by atoms with E-state index in [1.54, 1.807) is 43.3 Å². The van der Waals surface area contributed by atoms with Crippen LogP contribution in [0.2, 0.25) is 0 Å². The third kappa shape index (κ3) is 8.44. The zero-order valence-electron chi connectivity index (χ0n) is 16.7. The first kappa shape index (κ1) is 22.4. The van der Waals surface area contributed by atoms with Gasteiger partial charge in [-0.05, 0) is 44.5 Å². The topological polar surface area (TPSA) is 63.2 Å². The van der Waals surface area contributed by atoms with E-state index in [-0.39, 0.29) is 0 Å². The van der Waals surface area contributed by atoms with Crippen molar-refractivity contribution in [3.05, 3.63) is 60.2 Å². The molecule has 0 amide bonds. The Bertz CT molecular complexity index is 719. The number of phosphoric acid groups is 1. The molecule has 0 saturated heterocycles. The largest absolute Gasteiger partial charge is 0.569 e. The van der Waals surface area contributed by atoms with E-state index in [1.165, 1.54) is 0 Å². The minimum Gasteiger partial charge on any atom is -0.402 e. The van der Waals surface area contributed by atoms with Crippen molar-refractivity contribution in [2.24, 2.45) is 0 Å². The first-order chi connectivity index (χ1) is 13.5. The van der Waals surface area contributed by atoms with E-state index in [4.69, 9.17) is 23.3 Å². The van der Waals surface area contributed by atoms with Crippen molar-refractivity contribution in [2.45, 2.75) is 52.7 Å². The van der Waals surface area contributed by atoms with E-state index < -0.39 is 14.1 Å². The number of phosphoric ester groups is 1. The van der Waals surface area contributed by atoms with Crippen LogP contribution in [0.4, 0.5) is 0 Å². The first-order valence-electron chi connectivity index (χ1n) is 9.58. The van der Waals surface area contributed by atoms with Crippen molar-refractivity contribution in [3.8, 4) is 11.5 Å². The number of hydrogen-bond acceptors (Lipinski definition) is 6. The van der Waals surface area contributed by atoms with Crippen LogP contribution in [0, 0.1) is 6.92 Å². The van der Waals surface area contributed by atoms with Crippen molar-refractivity contribution in [3.63, 3.8) is 0 Å². The highest BCUT2D eigenvalue weighted by Gasteiger charge is 2.34. The molecule has 0 bridgehead atoms. The summed E-state index contributed by atoms with van der Waals surface area (Å²) in [5.41, 5.74) is 1.07. The van der Waals surface area contributed by atoms with Crippen LogP contribution < -0.4 is 9.41 Å². The SMILES string of the molecule is CCCCCCOC(C)OP(=O)(OOc1ccc(C)cc1)Oc1ccccc1. The molecule has 7 heteroatoms. The van der Waals surface area contributed by atoms with Crippen molar-refractivity contribution in [2.75, 3.05) is 6.61 Å². The van der Waals surface area contributed by atoms with Crippen molar-refractivity contribution >= 4 is 7.82 Å². The van der Waals surface area contributed by atoms with E-state index in [0.29, 0.717) is 18.1 Å². The molecular formula is C21H29O6P. The minimum absolute atomic E-state index is 0.341. The molecule has 28 heavy (non-hydrogen) atoms. The molecule has 2 atom stereocenters. The van der Waals surface area contributed by atoms with Gasteiger partial charge in [0.2, 0.25) is 0 Å². The van der Waals surface area contributed by atoms with Crippen LogP contribution in [-0.4, -0.2) is 12.9 Å². The molecule has 2 rings (SSSR count). The lowest BCUT2D eigenvalue weighted by atomic mass is 10.2. The van der Waals surface area contributed by atoms with Crippen LogP contribution in [0.15, 0.2) is 54.6 Å². The van der Waals surface area contributed by atoms with Crippen LogP contribution in [0.5, 0.6) is 11.5 Å². The number of ether oxygens (including phenoxy) is 1. The molecule has 2 aromatic carbocycles. The number of rotatable bonds is 13. The van der Waals surface area contributed by atoms with Crippen LogP contribution >= 0.6 is 7.82 Å². The molecule has 0 heterocycles. The highest BCUT2D eigenvalue weighted by atomic mass is 31.2. The summed E-state index contributed by atoms with van der Waals surface area (Å²) < 4.78 is 34.7. The van der Waals surface area contributed by atoms with E-state index in [0.717, 1.165) is 31.2 Å². The predicted octanol–water partition coefficient (Wildman–Crippen LogP) is 6.45. The number of para-hydroxylation sites is 1. The fourth-order valence-corrected chi connectivity index (χ4v) is 3.43. The van der Waals surface area contributed by atoms with E-state index in [9.17, 15) is 4.57 Å². The van der Waals surface area contributed by atoms with Gasteiger partial charge in [-0.15, -0.1) is 0 Å². The lowest BCUT2D eigenvalue weighted by Crippen LogP contribution is -2.16. The second kappa shape index (κ2) is 11.9. The van der Waals surface area contributed by atoms with E-state index in [2.05, 4.69) is 6.92 Å². The third-order valence-electron chi connectivity index (χ3n) is 3.83. The zero-order valence-corrected chi connectivity index (χ0v) is 17.6. The quantitative estimate of drug-likeness (QED) is 0.125. The maximum Gasteiger partial charge on any atom is 0.569 e.